The minimum absolute atomic E-state index is 0.0420. The predicted octanol–water partition coefficient (Wildman–Crippen LogP) is -0.595. The van der Waals surface area contributed by atoms with E-state index in [-0.39, 0.29) is 67.7 Å². The van der Waals surface area contributed by atoms with Crippen LogP contribution in [0.1, 0.15) is 89.0 Å². The number of carbonyl (C=O) groups is 10. The van der Waals surface area contributed by atoms with Crippen molar-refractivity contribution in [2.45, 2.75) is 116 Å². The molecule has 6 rings (SSSR count). The number of hydrogen-bond donors (Lipinski definition) is 8. The number of aliphatic carboxylic acids is 1. The van der Waals surface area contributed by atoms with Crippen molar-refractivity contribution in [1.82, 2.24) is 41.0 Å². The van der Waals surface area contributed by atoms with E-state index in [2.05, 4.69) is 36.9 Å². The van der Waals surface area contributed by atoms with Gasteiger partial charge in [0, 0.05) is 54.1 Å². The first-order valence-electron chi connectivity index (χ1n) is 22.4. The minimum Gasteiger partial charge on any atom is -0.481 e. The molecule has 0 saturated heterocycles. The Morgan fingerprint density at radius 2 is 1.46 bits per heavy atom. The van der Waals surface area contributed by atoms with Crippen molar-refractivity contribution in [3.63, 3.8) is 0 Å². The number of esters is 1. The number of aryl methyl sites for hydroxylation is 1. The van der Waals surface area contributed by atoms with Crippen molar-refractivity contribution in [3.8, 4) is 11.4 Å². The van der Waals surface area contributed by atoms with E-state index in [1.54, 1.807) is 13.0 Å². The maximum absolute atomic E-state index is 15.6. The van der Waals surface area contributed by atoms with Gasteiger partial charge in [-0.05, 0) is 64.2 Å². The normalized spacial score (nSPS) is 17.3. The van der Waals surface area contributed by atoms with Crippen LogP contribution in [0.5, 0.6) is 0 Å². The van der Waals surface area contributed by atoms with Crippen LogP contribution < -0.4 is 37.5 Å². The summed E-state index contributed by atoms with van der Waals surface area (Å²) >= 11 is 0. The second-order valence-corrected chi connectivity index (χ2v) is 17.0. The summed E-state index contributed by atoms with van der Waals surface area (Å²) < 4.78 is 22.2. The number of halogens is 1. The lowest BCUT2D eigenvalue weighted by Gasteiger charge is -2.31. The summed E-state index contributed by atoms with van der Waals surface area (Å²) in [5.74, 6) is -8.96. The fourth-order valence-corrected chi connectivity index (χ4v) is 8.24. The first-order chi connectivity index (χ1) is 33.1. The Morgan fingerprint density at radius 3 is 2.07 bits per heavy atom. The average molecular weight is 974 g/mol. The summed E-state index contributed by atoms with van der Waals surface area (Å²) in [5, 5.41) is 35.1. The molecule has 3 aromatic rings. The van der Waals surface area contributed by atoms with Gasteiger partial charge in [-0.2, -0.15) is 0 Å². The summed E-state index contributed by atoms with van der Waals surface area (Å²) in [4.78, 5) is 144. The fraction of sp³-hybridized carbons (Fsp3) is 0.435. The minimum atomic E-state index is -2.03. The van der Waals surface area contributed by atoms with Crippen LogP contribution in [0.2, 0.25) is 0 Å². The number of carboxylic acids is 1. The van der Waals surface area contributed by atoms with Crippen molar-refractivity contribution >= 4 is 75.8 Å². The highest BCUT2D eigenvalue weighted by Crippen LogP contribution is 2.41. The maximum atomic E-state index is 15.6. The number of aliphatic hydroxyl groups is 1. The number of aromatic nitrogens is 2. The number of carboxylic acid groups (broad SMARTS) is 1. The molecule has 24 heteroatoms. The molecule has 0 radical (unpaired) electrons. The van der Waals surface area contributed by atoms with Gasteiger partial charge in [0.05, 0.1) is 41.2 Å². The largest absolute Gasteiger partial charge is 0.481 e. The third-order valence-electron chi connectivity index (χ3n) is 12.2. The number of fused-ring (bicyclic) bond motifs is 5. The number of ether oxygens (including phenoxy) is 1. The molecule has 5 heterocycles. The second-order valence-electron chi connectivity index (χ2n) is 17.0. The topological polar surface area (TPSA) is 331 Å². The van der Waals surface area contributed by atoms with Crippen molar-refractivity contribution in [1.29, 1.82) is 0 Å². The molecule has 0 bridgehead atoms. The van der Waals surface area contributed by atoms with Crippen molar-refractivity contribution < 1.29 is 67.3 Å². The zero-order chi connectivity index (χ0) is 51.4. The quantitative estimate of drug-likeness (QED) is 0.0405. The van der Waals surface area contributed by atoms with Gasteiger partial charge in [-0.1, -0.05) is 13.8 Å². The molecule has 2 aromatic heterocycles. The molecule has 8 amide bonds. The van der Waals surface area contributed by atoms with E-state index in [9.17, 15) is 57.8 Å². The summed E-state index contributed by atoms with van der Waals surface area (Å²) in [6.07, 6.45) is 1.54. The van der Waals surface area contributed by atoms with Crippen molar-refractivity contribution in [2.24, 2.45) is 0 Å². The number of benzene rings is 1. The first kappa shape index (κ1) is 51.5. The van der Waals surface area contributed by atoms with Crippen LogP contribution in [0.4, 0.5) is 10.1 Å². The Kier molecular flexibility index (Phi) is 15.6. The van der Waals surface area contributed by atoms with Gasteiger partial charge in [0.15, 0.2) is 5.60 Å². The van der Waals surface area contributed by atoms with Crippen molar-refractivity contribution in [3.05, 3.63) is 68.8 Å². The number of amides is 8. The van der Waals surface area contributed by atoms with Gasteiger partial charge in [0.1, 0.15) is 36.6 Å². The number of nitrogens with one attached hydrogen (secondary N) is 6. The molecule has 3 aliphatic rings. The molecule has 23 nitrogen and oxygen atoms in total. The number of pyridine rings is 2. The summed E-state index contributed by atoms with van der Waals surface area (Å²) in [5.41, 5.74) is -0.142. The van der Waals surface area contributed by atoms with E-state index in [0.29, 0.717) is 34.3 Å². The molecule has 0 fully saturated rings. The van der Waals surface area contributed by atoms with Gasteiger partial charge in [-0.25, -0.2) is 14.2 Å². The lowest BCUT2D eigenvalue weighted by molar-refractivity contribution is -0.172. The van der Waals surface area contributed by atoms with Gasteiger partial charge >= 0.3 is 11.9 Å². The van der Waals surface area contributed by atoms with Gasteiger partial charge in [-0.15, -0.1) is 0 Å². The fourth-order valence-electron chi connectivity index (χ4n) is 8.24. The highest BCUT2D eigenvalue weighted by molar-refractivity contribution is 6.13. The SMILES string of the molecule is CCc1c2c(nc3cc(F)c(NC(=O)CNC(=O)[C@H](C)NC(=O)[C@H](C)NC(=O)[C@H](C)NC(=O)[C@H](CCC(=O)O)NC(=O)CCCN4C(=O)C=CC4=O)cc13)-c1cc3c(c(=O)n1C2)COC(=O)[C@]3(O)CC. The molecule has 0 saturated carbocycles. The summed E-state index contributed by atoms with van der Waals surface area (Å²) in [6.45, 7) is 6.39. The molecule has 0 unspecified atom stereocenters. The van der Waals surface area contributed by atoms with Crippen LogP contribution in [-0.4, -0.2) is 121 Å². The number of hydrogen-bond acceptors (Lipinski definition) is 14. The molecule has 372 valence electrons. The molecular weight excluding hydrogens is 922 g/mol. The standard InChI is InChI=1S/C46H52FN9O14/c1-6-24-25-15-32(29(47)17-31(25)54-39-26(24)19-56-33(39)16-28-27(44(56)67)20-70-45(68)46(28,69)7-2)53-35(58)18-48-40(63)21(3)49-41(64)22(4)50-42(65)23(5)51-43(66)30(10-13-38(61)62)52-34(57)9-8-14-55-36(59)11-12-37(55)60/h11-12,15-17,21-23,30,69H,6-10,13-14,18-20H2,1-5H3,(H,48,63)(H,49,64)(H,50,65)(H,51,66)(H,52,57)(H,53,58)(H,61,62)/t21-,22-,23-,30-,46-/m0/s1. The molecule has 0 spiro atoms. The highest BCUT2D eigenvalue weighted by Gasteiger charge is 2.45. The molecule has 0 aliphatic carbocycles. The van der Waals surface area contributed by atoms with Gasteiger partial charge in [0.25, 0.3) is 17.4 Å². The molecule has 70 heavy (non-hydrogen) atoms. The predicted molar refractivity (Wildman–Crippen MR) is 242 cm³/mol. The van der Waals surface area contributed by atoms with Crippen LogP contribution in [0.3, 0.4) is 0 Å². The van der Waals surface area contributed by atoms with Crippen LogP contribution in [0.25, 0.3) is 22.3 Å². The molecule has 3 aliphatic heterocycles. The van der Waals surface area contributed by atoms with E-state index in [1.807, 2.05) is 6.92 Å². The van der Waals surface area contributed by atoms with Gasteiger partial charge in [-0.3, -0.25) is 52.8 Å². The van der Waals surface area contributed by atoms with Crippen LogP contribution in [0, 0.1) is 5.82 Å². The number of rotatable bonds is 20. The number of nitrogens with zero attached hydrogens (tertiary/aromatic N) is 3. The van der Waals surface area contributed by atoms with Crippen LogP contribution in [0.15, 0.2) is 35.1 Å². The first-order valence-corrected chi connectivity index (χ1v) is 22.4. The van der Waals surface area contributed by atoms with Gasteiger partial charge < -0.3 is 51.4 Å². The zero-order valence-electron chi connectivity index (χ0n) is 38.8. The third kappa shape index (κ3) is 10.9. The second kappa shape index (κ2) is 21.2. The van der Waals surface area contributed by atoms with E-state index < -0.39 is 113 Å². The van der Waals surface area contributed by atoms with Crippen LogP contribution in [-0.2, 0) is 77.9 Å². The summed E-state index contributed by atoms with van der Waals surface area (Å²) in [6, 6.07) is -1.13. The third-order valence-corrected chi connectivity index (χ3v) is 12.2. The van der Waals surface area contributed by atoms with E-state index >= 15 is 4.39 Å². The smallest absolute Gasteiger partial charge is 0.343 e. The lowest BCUT2D eigenvalue weighted by Crippen LogP contribution is -2.56. The number of anilines is 1. The zero-order valence-corrected chi connectivity index (χ0v) is 38.8. The van der Waals surface area contributed by atoms with Crippen LogP contribution >= 0.6 is 0 Å². The highest BCUT2D eigenvalue weighted by atomic mass is 19.1. The molecule has 8 N–H and O–H groups in total. The Hall–Kier alpha value is -7.89. The number of carbonyl (C=O) groups excluding carboxylic acids is 9. The molecular formula is C46H52FN9O14. The molecule has 5 atom stereocenters. The van der Waals surface area contributed by atoms with E-state index in [1.165, 1.54) is 31.4 Å². The van der Waals surface area contributed by atoms with E-state index in [4.69, 9.17) is 9.84 Å². The Bertz CT molecular complexity index is 2810. The maximum Gasteiger partial charge on any atom is 0.343 e. The summed E-state index contributed by atoms with van der Waals surface area (Å²) in [7, 11) is 0. The lowest BCUT2D eigenvalue weighted by atomic mass is 9.86. The average Bonchev–Trinajstić information content (AvgIpc) is 3.84. The monoisotopic (exact) mass is 973 g/mol. The Morgan fingerprint density at radius 1 is 0.829 bits per heavy atom. The number of cyclic esters (lactones) is 1. The Balaban J connectivity index is 0.998. The molecule has 1 aromatic carbocycles. The van der Waals surface area contributed by atoms with E-state index in [0.717, 1.165) is 23.1 Å². The Labute approximate surface area is 397 Å². The van der Waals surface area contributed by atoms with Gasteiger partial charge in [0.2, 0.25) is 35.4 Å². The van der Waals surface area contributed by atoms with Crippen molar-refractivity contribution in [2.75, 3.05) is 18.4 Å². The number of imide groups is 1.